The maximum atomic E-state index is 12.0. The number of amides is 1. The number of hydrogen-bond donors (Lipinski definition) is 2. The molecule has 7 nitrogen and oxygen atoms in total. The van der Waals surface area contributed by atoms with Crippen LogP contribution in [0.1, 0.15) is 59.8 Å². The molecule has 1 aliphatic heterocycles. The van der Waals surface area contributed by atoms with Gasteiger partial charge in [0, 0.05) is 32.2 Å². The Morgan fingerprint density at radius 1 is 1.25 bits per heavy atom. The van der Waals surface area contributed by atoms with Gasteiger partial charge in [0.05, 0.1) is 12.6 Å². The van der Waals surface area contributed by atoms with Crippen molar-refractivity contribution in [2.45, 2.75) is 77.5 Å². The van der Waals surface area contributed by atoms with Gasteiger partial charge >= 0.3 is 6.09 Å². The number of nitrogens with one attached hydrogen (secondary N) is 2. The summed E-state index contributed by atoms with van der Waals surface area (Å²) in [5.41, 5.74) is -0.468. The molecule has 0 aromatic carbocycles. The lowest BCUT2D eigenvalue weighted by Gasteiger charge is -2.25. The molecular formula is C20H40IN5O2. The fraction of sp³-hybridized carbons (Fsp3) is 0.900. The molecular weight excluding hydrogens is 469 g/mol. The number of hydrogen-bond acceptors (Lipinski definition) is 4. The number of aliphatic imine (C=N–C) groups is 1. The normalized spacial score (nSPS) is 21.0. The van der Waals surface area contributed by atoms with Crippen LogP contribution in [0.3, 0.4) is 0 Å². The Kier molecular flexibility index (Phi) is 10.9. The highest BCUT2D eigenvalue weighted by atomic mass is 127. The summed E-state index contributed by atoms with van der Waals surface area (Å²) in [7, 11) is 2.22. The van der Waals surface area contributed by atoms with Crippen molar-refractivity contribution in [2.24, 2.45) is 4.99 Å². The standard InChI is InChI=1S/C20H39N5O2.HI/c1-6-21-18(22-12-14-24(5)17-9-7-8-10-17)25-13-11-16(15-25)23-19(26)27-20(2,3)4;/h16-17H,6-15H2,1-5H3,(H,21,22)(H,23,26);1H. The van der Waals surface area contributed by atoms with Crippen LogP contribution in [0.25, 0.3) is 0 Å². The van der Waals surface area contributed by atoms with Crippen LogP contribution in [0, 0.1) is 0 Å². The topological polar surface area (TPSA) is 69.2 Å². The summed E-state index contributed by atoms with van der Waals surface area (Å²) in [4.78, 5) is 21.5. The van der Waals surface area contributed by atoms with Gasteiger partial charge in [0.25, 0.3) is 0 Å². The van der Waals surface area contributed by atoms with Crippen molar-refractivity contribution < 1.29 is 9.53 Å². The summed E-state index contributed by atoms with van der Waals surface area (Å²) >= 11 is 0. The molecule has 0 aromatic heterocycles. The third kappa shape index (κ3) is 8.71. The molecule has 1 heterocycles. The second-order valence-corrected chi connectivity index (χ2v) is 8.73. The Morgan fingerprint density at radius 3 is 2.54 bits per heavy atom. The van der Waals surface area contributed by atoms with E-state index in [0.717, 1.165) is 51.1 Å². The van der Waals surface area contributed by atoms with Crippen LogP contribution in [0.2, 0.25) is 0 Å². The molecule has 0 spiro atoms. The molecule has 0 radical (unpaired) electrons. The average molecular weight is 509 g/mol. The van der Waals surface area contributed by atoms with Crippen molar-refractivity contribution >= 4 is 36.0 Å². The lowest BCUT2D eigenvalue weighted by molar-refractivity contribution is 0.0507. The van der Waals surface area contributed by atoms with E-state index < -0.39 is 5.60 Å². The number of rotatable bonds is 6. The van der Waals surface area contributed by atoms with Gasteiger partial charge in [-0.1, -0.05) is 12.8 Å². The Bertz CT molecular complexity index is 503. The minimum absolute atomic E-state index is 0. The van der Waals surface area contributed by atoms with Gasteiger partial charge in [0.15, 0.2) is 5.96 Å². The number of carbonyl (C=O) groups is 1. The van der Waals surface area contributed by atoms with E-state index in [0.29, 0.717) is 0 Å². The van der Waals surface area contributed by atoms with Crippen molar-refractivity contribution in [3.05, 3.63) is 0 Å². The molecule has 1 unspecified atom stereocenters. The van der Waals surface area contributed by atoms with Gasteiger partial charge in [-0.3, -0.25) is 4.99 Å². The Balaban J connectivity index is 0.00000392. The fourth-order valence-corrected chi connectivity index (χ4v) is 3.81. The molecule has 28 heavy (non-hydrogen) atoms. The number of alkyl carbamates (subject to hydrolysis) is 1. The number of nitrogens with zero attached hydrogens (tertiary/aromatic N) is 3. The van der Waals surface area contributed by atoms with Crippen LogP contribution in [-0.4, -0.2) is 79.3 Å². The van der Waals surface area contributed by atoms with Crippen molar-refractivity contribution in [3.63, 3.8) is 0 Å². The fourth-order valence-electron chi connectivity index (χ4n) is 3.81. The number of likely N-dealkylation sites (tertiary alicyclic amines) is 1. The van der Waals surface area contributed by atoms with Gasteiger partial charge in [-0.2, -0.15) is 0 Å². The summed E-state index contributed by atoms with van der Waals surface area (Å²) in [5, 5.41) is 6.37. The maximum Gasteiger partial charge on any atom is 0.407 e. The Morgan fingerprint density at radius 2 is 1.93 bits per heavy atom. The molecule has 1 saturated carbocycles. The van der Waals surface area contributed by atoms with Crippen LogP contribution in [-0.2, 0) is 4.74 Å². The van der Waals surface area contributed by atoms with E-state index in [2.05, 4.69) is 34.4 Å². The number of carbonyl (C=O) groups excluding carboxylic acids is 1. The summed E-state index contributed by atoms with van der Waals surface area (Å²) in [5.74, 6) is 0.950. The van der Waals surface area contributed by atoms with E-state index >= 15 is 0 Å². The van der Waals surface area contributed by atoms with Crippen LogP contribution >= 0.6 is 24.0 Å². The second kappa shape index (κ2) is 12.0. The van der Waals surface area contributed by atoms with Crippen molar-refractivity contribution in [1.29, 1.82) is 0 Å². The third-order valence-corrected chi connectivity index (χ3v) is 5.21. The van der Waals surface area contributed by atoms with Crippen LogP contribution in [0.4, 0.5) is 4.79 Å². The molecule has 1 amide bonds. The second-order valence-electron chi connectivity index (χ2n) is 8.73. The first-order valence-electron chi connectivity index (χ1n) is 10.5. The quantitative estimate of drug-likeness (QED) is 0.327. The lowest BCUT2D eigenvalue weighted by atomic mass is 10.2. The first kappa shape index (κ1) is 25.3. The first-order chi connectivity index (χ1) is 12.8. The molecule has 2 N–H and O–H groups in total. The molecule has 2 rings (SSSR count). The van der Waals surface area contributed by atoms with Crippen LogP contribution in [0.5, 0.6) is 0 Å². The zero-order valence-electron chi connectivity index (χ0n) is 18.3. The number of halogens is 1. The molecule has 1 atom stereocenters. The van der Waals surface area contributed by atoms with Crippen LogP contribution in [0.15, 0.2) is 4.99 Å². The van der Waals surface area contributed by atoms with Gasteiger partial charge in [-0.05, 0) is 54.0 Å². The van der Waals surface area contributed by atoms with E-state index in [1.54, 1.807) is 0 Å². The van der Waals surface area contributed by atoms with E-state index in [1.807, 2.05) is 20.8 Å². The predicted molar refractivity (Wildman–Crippen MR) is 126 cm³/mol. The summed E-state index contributed by atoms with van der Waals surface area (Å²) < 4.78 is 5.36. The minimum Gasteiger partial charge on any atom is -0.444 e. The first-order valence-corrected chi connectivity index (χ1v) is 10.5. The average Bonchev–Trinajstić information content (AvgIpc) is 3.23. The van der Waals surface area contributed by atoms with E-state index in [1.165, 1.54) is 25.7 Å². The molecule has 8 heteroatoms. The van der Waals surface area contributed by atoms with Crippen LogP contribution < -0.4 is 10.6 Å². The van der Waals surface area contributed by atoms with E-state index in [-0.39, 0.29) is 36.1 Å². The molecule has 2 aliphatic rings. The van der Waals surface area contributed by atoms with Crippen molar-refractivity contribution in [1.82, 2.24) is 20.4 Å². The molecule has 1 aliphatic carbocycles. The van der Waals surface area contributed by atoms with Gasteiger partial charge in [-0.15, -0.1) is 24.0 Å². The molecule has 164 valence electrons. The molecule has 0 aromatic rings. The van der Waals surface area contributed by atoms with Gasteiger partial charge < -0.3 is 25.2 Å². The number of guanidine groups is 1. The number of ether oxygens (including phenoxy) is 1. The summed E-state index contributed by atoms with van der Waals surface area (Å²) in [6, 6.07) is 0.835. The lowest BCUT2D eigenvalue weighted by Crippen LogP contribution is -2.44. The largest absolute Gasteiger partial charge is 0.444 e. The maximum absolute atomic E-state index is 12.0. The Hall–Kier alpha value is -0.770. The highest BCUT2D eigenvalue weighted by molar-refractivity contribution is 14.0. The molecule has 1 saturated heterocycles. The highest BCUT2D eigenvalue weighted by Crippen LogP contribution is 2.22. The highest BCUT2D eigenvalue weighted by Gasteiger charge is 2.28. The predicted octanol–water partition coefficient (Wildman–Crippen LogP) is 3.04. The van der Waals surface area contributed by atoms with Crippen molar-refractivity contribution in [2.75, 3.05) is 39.8 Å². The van der Waals surface area contributed by atoms with Crippen molar-refractivity contribution in [3.8, 4) is 0 Å². The summed E-state index contributed by atoms with van der Waals surface area (Å²) in [6.45, 7) is 12.0. The minimum atomic E-state index is -0.468. The Labute approximate surface area is 188 Å². The monoisotopic (exact) mass is 509 g/mol. The van der Waals surface area contributed by atoms with Gasteiger partial charge in [-0.25, -0.2) is 4.79 Å². The SMILES string of the molecule is CCNC(=NCCN(C)C1CCCC1)N1CCC(NC(=O)OC(C)(C)C)C1.I. The van der Waals surface area contributed by atoms with E-state index in [9.17, 15) is 4.79 Å². The third-order valence-electron chi connectivity index (χ3n) is 5.21. The molecule has 2 fully saturated rings. The van der Waals surface area contributed by atoms with Gasteiger partial charge in [0.2, 0.25) is 0 Å². The van der Waals surface area contributed by atoms with E-state index in [4.69, 9.17) is 9.73 Å². The van der Waals surface area contributed by atoms with Gasteiger partial charge in [0.1, 0.15) is 5.60 Å². The zero-order valence-corrected chi connectivity index (χ0v) is 20.6. The smallest absolute Gasteiger partial charge is 0.407 e. The number of likely N-dealkylation sites (N-methyl/N-ethyl adjacent to an activating group) is 1. The summed E-state index contributed by atoms with van der Waals surface area (Å²) in [6.07, 6.45) is 5.94. The molecule has 0 bridgehead atoms. The zero-order chi connectivity index (χ0) is 19.9.